The largest absolute Gasteiger partial charge is 0.447 e. The van der Waals surface area contributed by atoms with Crippen LogP contribution in [0.1, 0.15) is 24.0 Å². The van der Waals surface area contributed by atoms with E-state index < -0.39 is 0 Å². The van der Waals surface area contributed by atoms with Crippen LogP contribution in [0.3, 0.4) is 0 Å². The van der Waals surface area contributed by atoms with E-state index in [1.165, 1.54) is 0 Å². The summed E-state index contributed by atoms with van der Waals surface area (Å²) in [5.41, 5.74) is 1.82. The first-order valence-electron chi connectivity index (χ1n) is 8.54. The van der Waals surface area contributed by atoms with Gasteiger partial charge in [-0.15, -0.1) is 0 Å². The van der Waals surface area contributed by atoms with Gasteiger partial charge in [0.1, 0.15) is 6.61 Å². The highest BCUT2D eigenvalue weighted by molar-refractivity contribution is 6.31. The summed E-state index contributed by atoms with van der Waals surface area (Å²) in [6.07, 6.45) is 1.05. The number of alkyl carbamates (subject to hydrolysis) is 1. The van der Waals surface area contributed by atoms with Gasteiger partial charge in [0.05, 0.1) is 18.2 Å². The molecule has 0 aromatic heterocycles. The van der Waals surface area contributed by atoms with Crippen LogP contribution >= 0.6 is 11.6 Å². The van der Waals surface area contributed by atoms with Gasteiger partial charge in [-0.2, -0.15) is 0 Å². The van der Waals surface area contributed by atoms with Gasteiger partial charge in [-0.25, -0.2) is 4.79 Å². The molecule has 1 spiro atoms. The van der Waals surface area contributed by atoms with E-state index in [4.69, 9.17) is 21.1 Å². The van der Waals surface area contributed by atoms with Crippen molar-refractivity contribution in [3.8, 4) is 0 Å². The molecule has 3 fully saturated rings. The van der Waals surface area contributed by atoms with Gasteiger partial charge in [-0.05, 0) is 37.0 Å². The lowest BCUT2D eigenvalue weighted by Gasteiger charge is -2.47. The molecule has 0 radical (unpaired) electrons. The lowest BCUT2D eigenvalue weighted by atomic mass is 9.68. The number of nitrogens with one attached hydrogen (secondary N) is 1. The number of nitrogens with zero attached hydrogens (tertiary/aromatic N) is 1. The van der Waals surface area contributed by atoms with Crippen molar-refractivity contribution < 1.29 is 19.1 Å². The van der Waals surface area contributed by atoms with E-state index in [2.05, 4.69) is 5.32 Å². The predicted octanol–water partition coefficient (Wildman–Crippen LogP) is 2.26. The van der Waals surface area contributed by atoms with E-state index in [-0.39, 0.29) is 29.6 Å². The van der Waals surface area contributed by atoms with Crippen LogP contribution in [0.5, 0.6) is 0 Å². The lowest BCUT2D eigenvalue weighted by Crippen LogP contribution is -2.62. The summed E-state index contributed by atoms with van der Waals surface area (Å²) in [7, 11) is 0. The van der Waals surface area contributed by atoms with Crippen molar-refractivity contribution in [2.24, 2.45) is 5.92 Å². The molecule has 7 heteroatoms. The molecule has 25 heavy (non-hydrogen) atoms. The van der Waals surface area contributed by atoms with Crippen molar-refractivity contribution in [1.82, 2.24) is 10.2 Å². The Kier molecular flexibility index (Phi) is 4.12. The first-order valence-corrected chi connectivity index (χ1v) is 8.92. The molecule has 1 aromatic rings. The highest BCUT2D eigenvalue weighted by Crippen LogP contribution is 2.42. The third-order valence-electron chi connectivity index (χ3n) is 5.34. The van der Waals surface area contributed by atoms with Crippen molar-refractivity contribution in [3.63, 3.8) is 0 Å². The number of ether oxygens (including phenoxy) is 2. The second kappa shape index (κ2) is 6.18. The van der Waals surface area contributed by atoms with Crippen LogP contribution in [-0.4, -0.2) is 48.2 Å². The zero-order valence-electron chi connectivity index (χ0n) is 14.1. The summed E-state index contributed by atoms with van der Waals surface area (Å²) in [6.45, 7) is 4.15. The molecule has 1 aliphatic carbocycles. The van der Waals surface area contributed by atoms with Crippen molar-refractivity contribution in [2.75, 3.05) is 19.7 Å². The van der Waals surface area contributed by atoms with Crippen molar-refractivity contribution in [2.45, 2.75) is 38.0 Å². The molecule has 0 atom stereocenters. The lowest BCUT2D eigenvalue weighted by molar-refractivity contribution is -0.155. The summed E-state index contributed by atoms with van der Waals surface area (Å²) in [6, 6.07) is 5.86. The van der Waals surface area contributed by atoms with Crippen molar-refractivity contribution >= 4 is 23.6 Å². The Bertz CT molecular complexity index is 711. The number of carbonyl (C=O) groups is 2. The number of hydrogen-bond donors (Lipinski definition) is 1. The molecule has 2 saturated heterocycles. The van der Waals surface area contributed by atoms with Gasteiger partial charge in [0, 0.05) is 24.0 Å². The van der Waals surface area contributed by atoms with E-state index in [9.17, 15) is 9.59 Å². The van der Waals surface area contributed by atoms with Crippen molar-refractivity contribution in [3.05, 3.63) is 34.3 Å². The number of hydrogen-bond acceptors (Lipinski definition) is 4. The maximum absolute atomic E-state index is 12.4. The smallest absolute Gasteiger partial charge is 0.407 e. The summed E-state index contributed by atoms with van der Waals surface area (Å²) in [5, 5.41) is 3.57. The van der Waals surface area contributed by atoms with E-state index in [0.29, 0.717) is 39.1 Å². The number of cyclic esters (lactones) is 1. The summed E-state index contributed by atoms with van der Waals surface area (Å²) in [4.78, 5) is 25.4. The normalized spacial score (nSPS) is 28.3. The second-order valence-electron chi connectivity index (χ2n) is 7.35. The molecule has 1 N–H and O–H groups in total. The van der Waals surface area contributed by atoms with Crippen LogP contribution < -0.4 is 5.32 Å². The Morgan fingerprint density at radius 3 is 2.84 bits per heavy atom. The zero-order chi connectivity index (χ0) is 17.6. The number of likely N-dealkylation sites (tertiary alicyclic amines) is 1. The quantitative estimate of drug-likeness (QED) is 0.889. The molecule has 1 aromatic carbocycles. The third-order valence-corrected chi connectivity index (χ3v) is 5.76. The molecule has 2 aliphatic heterocycles. The highest BCUT2D eigenvalue weighted by Gasteiger charge is 2.54. The standard InChI is InChI=1S/C18H21ClN2O4/c1-11-4-12(2-3-15(11)19)9-24-14-7-21(8-14)16(22)13-5-18(6-13)10-25-17(23)20-18/h2-4,13-14H,5-10H2,1H3,(H,20,23). The Hall–Kier alpha value is -1.79. The number of rotatable bonds is 4. The van der Waals surface area contributed by atoms with E-state index in [1.54, 1.807) is 0 Å². The SMILES string of the molecule is Cc1cc(COC2CN(C(=O)C3CC4(COC(=O)N4)C3)C2)ccc1Cl. The van der Waals surface area contributed by atoms with Crippen LogP contribution in [-0.2, 0) is 20.9 Å². The minimum absolute atomic E-state index is 0.0122. The number of aryl methyl sites for hydroxylation is 1. The monoisotopic (exact) mass is 364 g/mol. The number of carbonyl (C=O) groups excluding carboxylic acids is 2. The Morgan fingerprint density at radius 2 is 2.20 bits per heavy atom. The van der Waals surface area contributed by atoms with Gasteiger partial charge in [0.2, 0.25) is 5.91 Å². The maximum Gasteiger partial charge on any atom is 0.407 e. The molecule has 4 rings (SSSR count). The summed E-state index contributed by atoms with van der Waals surface area (Å²) in [5.74, 6) is 0.149. The molecular formula is C18H21ClN2O4. The van der Waals surface area contributed by atoms with Crippen LogP contribution in [0.4, 0.5) is 4.79 Å². The molecule has 134 valence electrons. The molecule has 0 bridgehead atoms. The third kappa shape index (κ3) is 3.20. The van der Waals surface area contributed by atoms with Crippen molar-refractivity contribution in [1.29, 1.82) is 0 Å². The number of halogens is 1. The molecule has 6 nitrogen and oxygen atoms in total. The fourth-order valence-electron chi connectivity index (χ4n) is 3.76. The predicted molar refractivity (Wildman–Crippen MR) is 91.3 cm³/mol. The minimum atomic E-state index is -0.374. The van der Waals surface area contributed by atoms with Crippen LogP contribution in [0.2, 0.25) is 5.02 Å². The summed E-state index contributed by atoms with van der Waals surface area (Å²) >= 11 is 6.02. The van der Waals surface area contributed by atoms with Gasteiger partial charge in [-0.1, -0.05) is 23.7 Å². The number of amides is 2. The zero-order valence-corrected chi connectivity index (χ0v) is 14.8. The Morgan fingerprint density at radius 1 is 1.44 bits per heavy atom. The highest BCUT2D eigenvalue weighted by atomic mass is 35.5. The van der Waals surface area contributed by atoms with Crippen LogP contribution in [0, 0.1) is 12.8 Å². The number of benzene rings is 1. The Balaban J connectivity index is 1.20. The van der Waals surface area contributed by atoms with Crippen LogP contribution in [0.15, 0.2) is 18.2 Å². The van der Waals surface area contributed by atoms with E-state index in [0.717, 1.165) is 16.1 Å². The Labute approximate surface area is 151 Å². The van der Waals surface area contributed by atoms with E-state index >= 15 is 0 Å². The fraction of sp³-hybridized carbons (Fsp3) is 0.556. The fourth-order valence-corrected chi connectivity index (χ4v) is 3.88. The van der Waals surface area contributed by atoms with Gasteiger partial charge >= 0.3 is 6.09 Å². The van der Waals surface area contributed by atoms with Gasteiger partial charge in [0.15, 0.2) is 0 Å². The topological polar surface area (TPSA) is 67.9 Å². The minimum Gasteiger partial charge on any atom is -0.447 e. The maximum atomic E-state index is 12.4. The van der Waals surface area contributed by atoms with E-state index in [1.807, 2.05) is 30.0 Å². The molecule has 0 unspecified atom stereocenters. The first kappa shape index (κ1) is 16.7. The first-order chi connectivity index (χ1) is 11.9. The van der Waals surface area contributed by atoms with Gasteiger partial charge in [-0.3, -0.25) is 4.79 Å². The summed E-state index contributed by atoms with van der Waals surface area (Å²) < 4.78 is 10.8. The average molecular weight is 365 g/mol. The average Bonchev–Trinajstić information content (AvgIpc) is 2.90. The van der Waals surface area contributed by atoms with Gasteiger partial charge < -0.3 is 19.7 Å². The molecular weight excluding hydrogens is 344 g/mol. The second-order valence-corrected chi connectivity index (χ2v) is 7.75. The molecule has 2 heterocycles. The molecule has 1 saturated carbocycles. The molecule has 3 aliphatic rings. The van der Waals surface area contributed by atoms with Gasteiger partial charge in [0.25, 0.3) is 0 Å². The van der Waals surface area contributed by atoms with Crippen LogP contribution in [0.25, 0.3) is 0 Å². The molecule has 2 amide bonds.